The number of aromatic amines is 1. The van der Waals surface area contributed by atoms with Crippen molar-refractivity contribution in [1.82, 2.24) is 15.3 Å². The van der Waals surface area contributed by atoms with Gasteiger partial charge in [-0.15, -0.1) is 0 Å². The van der Waals surface area contributed by atoms with E-state index in [2.05, 4.69) is 59.5 Å². The Morgan fingerprint density at radius 1 is 1.04 bits per heavy atom. The van der Waals surface area contributed by atoms with Crippen molar-refractivity contribution in [2.24, 2.45) is 0 Å². The summed E-state index contributed by atoms with van der Waals surface area (Å²) in [4.78, 5) is 7.81. The highest BCUT2D eigenvalue weighted by Crippen LogP contribution is 2.37. The Morgan fingerprint density at radius 2 is 1.79 bits per heavy atom. The fourth-order valence-electron chi connectivity index (χ4n) is 3.99. The van der Waals surface area contributed by atoms with Crippen LogP contribution in [0.15, 0.2) is 42.7 Å². The summed E-state index contributed by atoms with van der Waals surface area (Å²) in [6.45, 7) is 6.83. The van der Waals surface area contributed by atoms with Crippen molar-refractivity contribution in [2.75, 3.05) is 13.1 Å². The van der Waals surface area contributed by atoms with E-state index >= 15 is 0 Å². The molecule has 3 aromatic rings. The number of pyridine rings is 1. The molecule has 0 saturated carbocycles. The maximum atomic E-state index is 4.15. The lowest BCUT2D eigenvalue weighted by molar-refractivity contribution is 0.460. The van der Waals surface area contributed by atoms with E-state index in [-0.39, 0.29) is 0 Å². The third kappa shape index (κ3) is 2.73. The normalized spacial score (nSPS) is 16.1. The zero-order valence-corrected chi connectivity index (χ0v) is 14.5. The third-order valence-electron chi connectivity index (χ3n) is 5.22. The third-order valence-corrected chi connectivity index (χ3v) is 5.22. The summed E-state index contributed by atoms with van der Waals surface area (Å²) in [5.41, 5.74) is 6.61. The SMILES string of the molecule is CC(C)c1c(-c2ccncc2)[nH]c2ccc(C3CCNCC3)cc12. The Morgan fingerprint density at radius 3 is 2.50 bits per heavy atom. The quantitative estimate of drug-likeness (QED) is 0.726. The summed E-state index contributed by atoms with van der Waals surface area (Å²) in [6, 6.07) is 11.2. The smallest absolute Gasteiger partial charge is 0.0501 e. The van der Waals surface area contributed by atoms with Gasteiger partial charge in [0.2, 0.25) is 0 Å². The van der Waals surface area contributed by atoms with E-state index in [4.69, 9.17) is 0 Å². The lowest BCUT2D eigenvalue weighted by Gasteiger charge is -2.23. The minimum Gasteiger partial charge on any atom is -0.354 e. The Kier molecular flexibility index (Phi) is 4.11. The van der Waals surface area contributed by atoms with E-state index in [0.717, 1.165) is 13.1 Å². The van der Waals surface area contributed by atoms with Gasteiger partial charge in [-0.3, -0.25) is 4.98 Å². The van der Waals surface area contributed by atoms with Gasteiger partial charge in [-0.2, -0.15) is 0 Å². The zero-order valence-electron chi connectivity index (χ0n) is 14.5. The number of nitrogens with zero attached hydrogens (tertiary/aromatic N) is 1. The molecule has 1 aromatic carbocycles. The molecule has 2 N–H and O–H groups in total. The van der Waals surface area contributed by atoms with Crippen LogP contribution in [0, 0.1) is 0 Å². The highest BCUT2D eigenvalue weighted by molar-refractivity contribution is 5.91. The number of fused-ring (bicyclic) bond motifs is 1. The molecule has 0 radical (unpaired) electrons. The first-order chi connectivity index (χ1) is 11.7. The van der Waals surface area contributed by atoms with Gasteiger partial charge in [-0.05, 0) is 73.2 Å². The average molecular weight is 319 g/mol. The molecule has 0 unspecified atom stereocenters. The van der Waals surface area contributed by atoms with Crippen LogP contribution in [0.3, 0.4) is 0 Å². The number of hydrogen-bond donors (Lipinski definition) is 2. The van der Waals surface area contributed by atoms with Gasteiger partial charge in [0.05, 0.1) is 5.69 Å². The lowest BCUT2D eigenvalue weighted by Crippen LogP contribution is -2.26. The monoisotopic (exact) mass is 319 g/mol. The van der Waals surface area contributed by atoms with Crippen LogP contribution in [0.4, 0.5) is 0 Å². The molecular formula is C21H25N3. The molecule has 0 bridgehead atoms. The first kappa shape index (κ1) is 15.4. The molecule has 4 rings (SSSR count). The number of H-pyrrole nitrogens is 1. The van der Waals surface area contributed by atoms with E-state index in [1.54, 1.807) is 0 Å². The van der Waals surface area contributed by atoms with Gasteiger partial charge in [0.25, 0.3) is 0 Å². The van der Waals surface area contributed by atoms with Crippen LogP contribution in [0.2, 0.25) is 0 Å². The molecule has 0 atom stereocenters. The topological polar surface area (TPSA) is 40.7 Å². The second-order valence-electron chi connectivity index (χ2n) is 7.13. The average Bonchev–Trinajstić information content (AvgIpc) is 3.02. The summed E-state index contributed by atoms with van der Waals surface area (Å²) in [5, 5.41) is 4.85. The molecule has 3 heteroatoms. The molecule has 24 heavy (non-hydrogen) atoms. The molecule has 0 spiro atoms. The Balaban J connectivity index is 1.85. The van der Waals surface area contributed by atoms with E-state index in [1.165, 1.54) is 46.1 Å². The fourth-order valence-corrected chi connectivity index (χ4v) is 3.99. The molecule has 1 saturated heterocycles. The van der Waals surface area contributed by atoms with E-state index in [1.807, 2.05) is 12.4 Å². The highest BCUT2D eigenvalue weighted by Gasteiger charge is 2.19. The van der Waals surface area contributed by atoms with Crippen LogP contribution in [-0.4, -0.2) is 23.1 Å². The van der Waals surface area contributed by atoms with Crippen molar-refractivity contribution in [3.63, 3.8) is 0 Å². The Bertz CT molecular complexity index is 827. The number of rotatable bonds is 3. The van der Waals surface area contributed by atoms with Crippen LogP contribution in [-0.2, 0) is 0 Å². The van der Waals surface area contributed by atoms with Gasteiger partial charge in [0, 0.05) is 28.9 Å². The molecule has 1 aliphatic heterocycles. The second kappa shape index (κ2) is 6.40. The maximum Gasteiger partial charge on any atom is 0.0501 e. The van der Waals surface area contributed by atoms with Crippen LogP contribution >= 0.6 is 0 Å². The summed E-state index contributed by atoms with van der Waals surface area (Å²) in [6.07, 6.45) is 6.21. The molecule has 1 fully saturated rings. The van der Waals surface area contributed by atoms with Crippen LogP contribution in [0.5, 0.6) is 0 Å². The van der Waals surface area contributed by atoms with Crippen molar-refractivity contribution < 1.29 is 0 Å². The van der Waals surface area contributed by atoms with Crippen molar-refractivity contribution in [1.29, 1.82) is 0 Å². The summed E-state index contributed by atoms with van der Waals surface area (Å²) in [7, 11) is 0. The molecule has 1 aliphatic rings. The maximum absolute atomic E-state index is 4.15. The van der Waals surface area contributed by atoms with Gasteiger partial charge >= 0.3 is 0 Å². The number of piperidine rings is 1. The van der Waals surface area contributed by atoms with Crippen LogP contribution < -0.4 is 5.32 Å². The Hall–Kier alpha value is -2.13. The molecular weight excluding hydrogens is 294 g/mol. The summed E-state index contributed by atoms with van der Waals surface area (Å²) >= 11 is 0. The standard InChI is InChI=1S/C21H25N3/c1-14(2)20-18-13-17(15-5-9-22-10-6-15)3-4-19(18)24-21(20)16-7-11-23-12-8-16/h3-4,7-8,11-15,22,24H,5-6,9-10H2,1-2H3. The van der Waals surface area contributed by atoms with E-state index < -0.39 is 0 Å². The van der Waals surface area contributed by atoms with Crippen LogP contribution in [0.1, 0.15) is 49.7 Å². The lowest BCUT2D eigenvalue weighted by atomic mass is 9.88. The predicted octanol–water partition coefficient (Wildman–Crippen LogP) is 4.82. The minimum atomic E-state index is 0.477. The first-order valence-corrected chi connectivity index (χ1v) is 9.00. The van der Waals surface area contributed by atoms with E-state index in [9.17, 15) is 0 Å². The van der Waals surface area contributed by atoms with Gasteiger partial charge in [0.1, 0.15) is 0 Å². The van der Waals surface area contributed by atoms with Crippen molar-refractivity contribution >= 4 is 10.9 Å². The number of benzene rings is 1. The molecule has 0 aliphatic carbocycles. The number of nitrogens with one attached hydrogen (secondary N) is 2. The van der Waals surface area contributed by atoms with Crippen molar-refractivity contribution in [3.8, 4) is 11.3 Å². The predicted molar refractivity (Wildman–Crippen MR) is 100 cm³/mol. The number of aromatic nitrogens is 2. The fraction of sp³-hybridized carbons (Fsp3) is 0.381. The highest BCUT2D eigenvalue weighted by atomic mass is 14.9. The molecule has 124 valence electrons. The van der Waals surface area contributed by atoms with Gasteiger partial charge in [0.15, 0.2) is 0 Å². The summed E-state index contributed by atoms with van der Waals surface area (Å²) in [5.74, 6) is 1.17. The minimum absolute atomic E-state index is 0.477. The molecule has 3 heterocycles. The van der Waals surface area contributed by atoms with Crippen molar-refractivity contribution in [2.45, 2.75) is 38.5 Å². The number of hydrogen-bond acceptors (Lipinski definition) is 2. The first-order valence-electron chi connectivity index (χ1n) is 9.00. The largest absolute Gasteiger partial charge is 0.354 e. The summed E-state index contributed by atoms with van der Waals surface area (Å²) < 4.78 is 0. The van der Waals surface area contributed by atoms with Crippen LogP contribution in [0.25, 0.3) is 22.2 Å². The van der Waals surface area contributed by atoms with Gasteiger partial charge in [-0.1, -0.05) is 19.9 Å². The molecule has 3 nitrogen and oxygen atoms in total. The second-order valence-corrected chi connectivity index (χ2v) is 7.13. The van der Waals surface area contributed by atoms with E-state index in [0.29, 0.717) is 11.8 Å². The zero-order chi connectivity index (χ0) is 16.5. The van der Waals surface area contributed by atoms with Crippen molar-refractivity contribution in [3.05, 3.63) is 53.9 Å². The molecule has 2 aromatic heterocycles. The Labute approximate surface area is 143 Å². The molecule has 0 amide bonds. The van der Waals surface area contributed by atoms with Gasteiger partial charge < -0.3 is 10.3 Å². The van der Waals surface area contributed by atoms with Gasteiger partial charge in [-0.25, -0.2) is 0 Å².